The number of aryl methyl sites for hydroxylation is 1. The summed E-state index contributed by atoms with van der Waals surface area (Å²) < 4.78 is 5.87. The van der Waals surface area contributed by atoms with Gasteiger partial charge in [0.2, 0.25) is 0 Å². The molecule has 31 heavy (non-hydrogen) atoms. The number of carbonyl (C=O) groups excluding carboxylic acids is 2. The van der Waals surface area contributed by atoms with Gasteiger partial charge in [0.15, 0.2) is 0 Å². The molecule has 1 N–H and O–H groups in total. The Bertz CT molecular complexity index is 1200. The third kappa shape index (κ3) is 3.75. The number of halogens is 1. The minimum absolute atomic E-state index is 0.0507. The van der Waals surface area contributed by atoms with Crippen LogP contribution < -0.4 is 9.64 Å². The van der Waals surface area contributed by atoms with E-state index in [1.54, 1.807) is 31.4 Å². The fraction of sp³-hybridized carbons (Fsp3) is 0.120. The van der Waals surface area contributed by atoms with Gasteiger partial charge in [0.05, 0.1) is 23.2 Å². The smallest absolute Gasteiger partial charge is 0.300 e. The molecular weight excluding hydrogens is 458 g/mol. The van der Waals surface area contributed by atoms with Crippen LogP contribution in [0.15, 0.2) is 82.8 Å². The predicted octanol–water partition coefficient (Wildman–Crippen LogP) is 5.39. The molecule has 5 nitrogen and oxygen atoms in total. The monoisotopic (exact) mass is 477 g/mol. The highest BCUT2D eigenvalue weighted by Gasteiger charge is 2.46. The van der Waals surface area contributed by atoms with Gasteiger partial charge in [-0.1, -0.05) is 42.5 Å². The summed E-state index contributed by atoms with van der Waals surface area (Å²) in [5.74, 6) is -1.03. The summed E-state index contributed by atoms with van der Waals surface area (Å²) in [6.45, 7) is 1.92. The van der Waals surface area contributed by atoms with Crippen molar-refractivity contribution in [2.24, 2.45) is 0 Å². The van der Waals surface area contributed by atoms with E-state index in [4.69, 9.17) is 4.74 Å². The van der Waals surface area contributed by atoms with E-state index in [-0.39, 0.29) is 11.3 Å². The molecule has 0 aliphatic carbocycles. The van der Waals surface area contributed by atoms with Crippen molar-refractivity contribution in [2.45, 2.75) is 13.0 Å². The lowest BCUT2D eigenvalue weighted by Crippen LogP contribution is -2.29. The van der Waals surface area contributed by atoms with E-state index in [1.165, 1.54) is 4.90 Å². The van der Waals surface area contributed by atoms with Crippen LogP contribution in [0.3, 0.4) is 0 Å². The van der Waals surface area contributed by atoms with Gasteiger partial charge in [0.25, 0.3) is 11.7 Å². The summed E-state index contributed by atoms with van der Waals surface area (Å²) in [6, 6.07) is 20.9. The van der Waals surface area contributed by atoms with E-state index in [2.05, 4.69) is 15.9 Å². The van der Waals surface area contributed by atoms with Crippen LogP contribution in [0.25, 0.3) is 5.76 Å². The highest BCUT2D eigenvalue weighted by Crippen LogP contribution is 2.42. The number of Topliss-reactive ketones (excluding diaryl/α,β-unsaturated/α-hetero) is 1. The molecule has 4 rings (SSSR count). The maximum absolute atomic E-state index is 13.1. The van der Waals surface area contributed by atoms with Gasteiger partial charge in [0.1, 0.15) is 11.5 Å². The van der Waals surface area contributed by atoms with Crippen molar-refractivity contribution in [2.75, 3.05) is 12.0 Å². The second kappa shape index (κ2) is 8.40. The van der Waals surface area contributed by atoms with Gasteiger partial charge >= 0.3 is 0 Å². The van der Waals surface area contributed by atoms with Crippen molar-refractivity contribution in [1.29, 1.82) is 0 Å². The zero-order valence-corrected chi connectivity index (χ0v) is 18.6. The number of ketones is 1. The fourth-order valence-electron chi connectivity index (χ4n) is 3.80. The number of anilines is 1. The van der Waals surface area contributed by atoms with Crippen LogP contribution in [0.5, 0.6) is 5.75 Å². The van der Waals surface area contributed by atoms with Crippen molar-refractivity contribution < 1.29 is 19.4 Å². The third-order valence-electron chi connectivity index (χ3n) is 5.26. The highest BCUT2D eigenvalue weighted by atomic mass is 79.9. The Morgan fingerprint density at radius 3 is 2.39 bits per heavy atom. The average Bonchev–Trinajstić information content (AvgIpc) is 3.04. The number of hydrogen-bond donors (Lipinski definition) is 1. The summed E-state index contributed by atoms with van der Waals surface area (Å²) in [7, 11) is 1.54. The van der Waals surface area contributed by atoms with Crippen molar-refractivity contribution in [3.05, 3.63) is 99.5 Å². The molecule has 156 valence electrons. The number of methoxy groups -OCH3 is 1. The second-order valence-electron chi connectivity index (χ2n) is 7.27. The minimum atomic E-state index is -0.746. The molecule has 3 aromatic rings. The molecule has 6 heteroatoms. The van der Waals surface area contributed by atoms with Crippen molar-refractivity contribution in [3.63, 3.8) is 0 Å². The van der Waals surface area contributed by atoms with Crippen LogP contribution in [-0.2, 0) is 9.59 Å². The molecule has 1 heterocycles. The van der Waals surface area contributed by atoms with Crippen LogP contribution in [0.1, 0.15) is 22.7 Å². The number of rotatable bonds is 4. The van der Waals surface area contributed by atoms with Gasteiger partial charge in [-0.2, -0.15) is 0 Å². The summed E-state index contributed by atoms with van der Waals surface area (Å²) in [5.41, 5.74) is 2.76. The van der Waals surface area contributed by atoms with Crippen LogP contribution in [0, 0.1) is 6.92 Å². The van der Waals surface area contributed by atoms with E-state index < -0.39 is 17.7 Å². The Hall–Kier alpha value is -3.38. The first-order chi connectivity index (χ1) is 14.9. The molecule has 1 aliphatic heterocycles. The standard InChI is InChI=1S/C25H20BrNO4/c1-15-7-6-10-18(13-15)27-22(16-8-4-3-5-9-16)21(24(29)25(27)30)23(28)17-11-12-20(31-2)19(26)14-17/h3-14,22,28H,1-2H3/b23-21-. The van der Waals surface area contributed by atoms with Gasteiger partial charge in [-0.05, 0) is 64.3 Å². The zero-order chi connectivity index (χ0) is 22.1. The van der Waals surface area contributed by atoms with Crippen LogP contribution in [-0.4, -0.2) is 23.9 Å². The number of aliphatic hydroxyl groups excluding tert-OH is 1. The largest absolute Gasteiger partial charge is 0.507 e. The third-order valence-corrected chi connectivity index (χ3v) is 5.88. The fourth-order valence-corrected chi connectivity index (χ4v) is 4.34. The molecule has 1 amide bonds. The minimum Gasteiger partial charge on any atom is -0.507 e. The molecule has 0 aromatic heterocycles. The Kier molecular flexibility index (Phi) is 5.65. The van der Waals surface area contributed by atoms with Gasteiger partial charge in [-0.3, -0.25) is 14.5 Å². The van der Waals surface area contributed by atoms with Gasteiger partial charge < -0.3 is 9.84 Å². The van der Waals surface area contributed by atoms with Crippen molar-refractivity contribution in [1.82, 2.24) is 0 Å². The molecule has 0 bridgehead atoms. The maximum atomic E-state index is 13.1. The van der Waals surface area contributed by atoms with Crippen LogP contribution in [0.2, 0.25) is 0 Å². The topological polar surface area (TPSA) is 66.8 Å². The molecule has 1 aliphatic rings. The lowest BCUT2D eigenvalue weighted by atomic mass is 9.95. The summed E-state index contributed by atoms with van der Waals surface area (Å²) in [6.07, 6.45) is 0. The summed E-state index contributed by atoms with van der Waals surface area (Å²) in [5, 5.41) is 11.2. The lowest BCUT2D eigenvalue weighted by molar-refractivity contribution is -0.132. The quantitative estimate of drug-likeness (QED) is 0.310. The SMILES string of the molecule is COc1ccc(/C(O)=C2/C(=O)C(=O)N(c3cccc(C)c3)C2c2ccccc2)cc1Br. The van der Waals surface area contributed by atoms with Crippen molar-refractivity contribution in [3.8, 4) is 5.75 Å². The maximum Gasteiger partial charge on any atom is 0.300 e. The molecule has 0 saturated carbocycles. The Morgan fingerprint density at radius 1 is 1.00 bits per heavy atom. The van der Waals surface area contributed by atoms with Gasteiger partial charge in [-0.15, -0.1) is 0 Å². The van der Waals surface area contributed by atoms with Crippen LogP contribution in [0.4, 0.5) is 5.69 Å². The van der Waals surface area contributed by atoms with Gasteiger partial charge in [0, 0.05) is 11.3 Å². The molecule has 1 saturated heterocycles. The number of amides is 1. The summed E-state index contributed by atoms with van der Waals surface area (Å²) in [4.78, 5) is 27.7. The molecule has 0 radical (unpaired) electrons. The molecule has 1 unspecified atom stereocenters. The molecule has 1 fully saturated rings. The predicted molar refractivity (Wildman–Crippen MR) is 123 cm³/mol. The second-order valence-corrected chi connectivity index (χ2v) is 8.12. The Morgan fingerprint density at radius 2 is 1.74 bits per heavy atom. The number of benzene rings is 3. The number of nitrogens with zero attached hydrogens (tertiary/aromatic N) is 1. The molecular formula is C25H20BrNO4. The van der Waals surface area contributed by atoms with E-state index >= 15 is 0 Å². The number of aliphatic hydroxyl groups is 1. The molecule has 1 atom stereocenters. The molecule has 3 aromatic carbocycles. The number of hydrogen-bond acceptors (Lipinski definition) is 4. The van der Waals surface area contributed by atoms with Crippen molar-refractivity contribution >= 4 is 39.1 Å². The van der Waals surface area contributed by atoms with E-state index in [0.717, 1.165) is 11.1 Å². The average molecular weight is 478 g/mol. The highest BCUT2D eigenvalue weighted by molar-refractivity contribution is 9.10. The lowest BCUT2D eigenvalue weighted by Gasteiger charge is -2.25. The van der Waals surface area contributed by atoms with E-state index in [9.17, 15) is 14.7 Å². The summed E-state index contributed by atoms with van der Waals surface area (Å²) >= 11 is 3.41. The Balaban J connectivity index is 1.93. The van der Waals surface area contributed by atoms with E-state index in [0.29, 0.717) is 21.5 Å². The first kappa shape index (κ1) is 20.9. The molecule has 0 spiro atoms. The number of carbonyl (C=O) groups is 2. The van der Waals surface area contributed by atoms with E-state index in [1.807, 2.05) is 55.5 Å². The zero-order valence-electron chi connectivity index (χ0n) is 17.0. The van der Waals surface area contributed by atoms with Crippen LogP contribution >= 0.6 is 15.9 Å². The van der Waals surface area contributed by atoms with Gasteiger partial charge in [-0.25, -0.2) is 0 Å². The normalized spacial score (nSPS) is 17.8. The number of ether oxygens (including phenoxy) is 1. The first-order valence-electron chi connectivity index (χ1n) is 9.69. The Labute approximate surface area is 188 Å². The first-order valence-corrected chi connectivity index (χ1v) is 10.5.